The number of benzene rings is 1. The normalized spacial score (nSPS) is 12.6. The van der Waals surface area contributed by atoms with Crippen LogP contribution in [0.2, 0.25) is 0 Å². The highest BCUT2D eigenvalue weighted by Crippen LogP contribution is 2.18. The van der Waals surface area contributed by atoms with E-state index < -0.39 is 0 Å². The van der Waals surface area contributed by atoms with Gasteiger partial charge in [-0.3, -0.25) is 0 Å². The zero-order valence-electron chi connectivity index (χ0n) is 11.1. The first-order chi connectivity index (χ1) is 8.65. The van der Waals surface area contributed by atoms with Gasteiger partial charge in [0.15, 0.2) is 0 Å². The van der Waals surface area contributed by atoms with Crippen LogP contribution in [-0.4, -0.2) is 22.6 Å². The van der Waals surface area contributed by atoms with Crippen molar-refractivity contribution in [2.75, 3.05) is 7.05 Å². The smallest absolute Gasteiger partial charge is 0.0967 e. The molecule has 0 bridgehead atoms. The van der Waals surface area contributed by atoms with Crippen LogP contribution in [0, 0.1) is 25.2 Å². The lowest BCUT2D eigenvalue weighted by Crippen LogP contribution is -2.24. The van der Waals surface area contributed by atoms with Crippen molar-refractivity contribution in [1.82, 2.24) is 14.9 Å². The molecule has 4 nitrogen and oxygen atoms in total. The molecule has 0 aliphatic heterocycles. The first kappa shape index (κ1) is 12.6. The summed E-state index contributed by atoms with van der Waals surface area (Å²) in [6, 6.07) is 6.41. The predicted octanol–water partition coefficient (Wildman–Crippen LogP) is 2.15. The van der Waals surface area contributed by atoms with Gasteiger partial charge < -0.3 is 9.88 Å². The average molecular weight is 242 g/mol. The summed E-state index contributed by atoms with van der Waals surface area (Å²) in [5.74, 6) is 0. The highest BCUT2D eigenvalue weighted by atomic mass is 15.0. The molecule has 18 heavy (non-hydrogen) atoms. The van der Waals surface area contributed by atoms with Crippen LogP contribution in [0.1, 0.15) is 17.5 Å². The van der Waals surface area contributed by atoms with Gasteiger partial charge in [-0.2, -0.15) is 5.26 Å². The van der Waals surface area contributed by atoms with Crippen molar-refractivity contribution in [3.05, 3.63) is 29.6 Å². The molecule has 0 saturated carbocycles. The Morgan fingerprint density at radius 1 is 1.39 bits per heavy atom. The van der Waals surface area contributed by atoms with Crippen molar-refractivity contribution in [3.63, 3.8) is 0 Å². The summed E-state index contributed by atoms with van der Waals surface area (Å²) >= 11 is 0. The number of aromatic nitrogens is 2. The van der Waals surface area contributed by atoms with Crippen LogP contribution in [0.3, 0.4) is 0 Å². The standard InChI is InChI=1S/C14H18N4/c1-10-6-13-14(7-11(10)2)18(9-17-13)5-4-12(8-15)16-3/h6-7,9,12,16H,4-5H2,1-3H3. The second kappa shape index (κ2) is 5.19. The van der Waals surface area contributed by atoms with E-state index in [-0.39, 0.29) is 6.04 Å². The van der Waals surface area contributed by atoms with Crippen molar-refractivity contribution in [2.24, 2.45) is 0 Å². The quantitative estimate of drug-likeness (QED) is 0.893. The van der Waals surface area contributed by atoms with E-state index in [1.807, 2.05) is 13.4 Å². The van der Waals surface area contributed by atoms with Crippen LogP contribution in [0.5, 0.6) is 0 Å². The third kappa shape index (κ3) is 2.36. The van der Waals surface area contributed by atoms with Crippen molar-refractivity contribution in [2.45, 2.75) is 32.9 Å². The maximum Gasteiger partial charge on any atom is 0.0967 e. The summed E-state index contributed by atoms with van der Waals surface area (Å²) in [5, 5.41) is 11.9. The predicted molar refractivity (Wildman–Crippen MR) is 72.3 cm³/mol. The molecule has 1 heterocycles. The van der Waals surface area contributed by atoms with E-state index in [9.17, 15) is 0 Å². The lowest BCUT2D eigenvalue weighted by Gasteiger charge is -2.09. The molecule has 0 aliphatic rings. The van der Waals surface area contributed by atoms with E-state index in [2.05, 4.69) is 46.9 Å². The number of rotatable bonds is 4. The molecule has 94 valence electrons. The third-order valence-electron chi connectivity index (χ3n) is 3.40. The van der Waals surface area contributed by atoms with E-state index in [1.165, 1.54) is 11.1 Å². The Bertz CT molecular complexity index is 592. The van der Waals surface area contributed by atoms with Gasteiger partial charge in [0.05, 0.1) is 29.5 Å². The Labute approximate surface area is 107 Å². The number of nitrogens with zero attached hydrogens (tertiary/aromatic N) is 3. The van der Waals surface area contributed by atoms with E-state index in [4.69, 9.17) is 5.26 Å². The highest BCUT2D eigenvalue weighted by molar-refractivity contribution is 5.77. The van der Waals surface area contributed by atoms with Crippen molar-refractivity contribution in [3.8, 4) is 6.07 Å². The number of hydrogen-bond acceptors (Lipinski definition) is 3. The highest BCUT2D eigenvalue weighted by Gasteiger charge is 2.08. The van der Waals surface area contributed by atoms with Gasteiger partial charge in [0.25, 0.3) is 0 Å². The summed E-state index contributed by atoms with van der Waals surface area (Å²) in [7, 11) is 1.81. The molecule has 2 rings (SSSR count). The first-order valence-electron chi connectivity index (χ1n) is 6.14. The van der Waals surface area contributed by atoms with Crippen LogP contribution in [0.15, 0.2) is 18.5 Å². The second-order valence-electron chi connectivity index (χ2n) is 4.62. The molecule has 2 aromatic rings. The van der Waals surface area contributed by atoms with E-state index in [0.717, 1.165) is 24.0 Å². The van der Waals surface area contributed by atoms with Crippen LogP contribution >= 0.6 is 0 Å². The summed E-state index contributed by atoms with van der Waals surface area (Å²) < 4.78 is 2.11. The Hall–Kier alpha value is -1.86. The van der Waals surface area contributed by atoms with Gasteiger partial charge in [-0.05, 0) is 50.6 Å². The summed E-state index contributed by atoms with van der Waals surface area (Å²) in [5.41, 5.74) is 4.70. The first-order valence-corrected chi connectivity index (χ1v) is 6.14. The Morgan fingerprint density at radius 3 is 2.78 bits per heavy atom. The van der Waals surface area contributed by atoms with E-state index in [0.29, 0.717) is 0 Å². The second-order valence-corrected chi connectivity index (χ2v) is 4.62. The van der Waals surface area contributed by atoms with Gasteiger partial charge in [-0.15, -0.1) is 0 Å². The van der Waals surface area contributed by atoms with Crippen LogP contribution in [0.25, 0.3) is 11.0 Å². The zero-order chi connectivity index (χ0) is 13.1. The summed E-state index contributed by atoms with van der Waals surface area (Å²) in [4.78, 5) is 4.41. The molecule has 1 atom stereocenters. The van der Waals surface area contributed by atoms with Crippen molar-refractivity contribution < 1.29 is 0 Å². The summed E-state index contributed by atoms with van der Waals surface area (Å²) in [6.45, 7) is 5.01. The Balaban J connectivity index is 2.24. The van der Waals surface area contributed by atoms with E-state index in [1.54, 1.807) is 0 Å². The average Bonchev–Trinajstić information content (AvgIpc) is 2.74. The van der Waals surface area contributed by atoms with Crippen LogP contribution in [0.4, 0.5) is 0 Å². The lowest BCUT2D eigenvalue weighted by atomic mass is 10.1. The minimum Gasteiger partial charge on any atom is -0.330 e. The van der Waals surface area contributed by atoms with Gasteiger partial charge in [-0.1, -0.05) is 0 Å². The molecular weight excluding hydrogens is 224 g/mol. The van der Waals surface area contributed by atoms with Gasteiger partial charge in [0.2, 0.25) is 0 Å². The molecule has 0 radical (unpaired) electrons. The maximum atomic E-state index is 8.91. The topological polar surface area (TPSA) is 53.6 Å². The molecule has 1 N–H and O–H groups in total. The molecule has 1 aromatic carbocycles. The van der Waals surface area contributed by atoms with Crippen LogP contribution < -0.4 is 5.32 Å². The Kier molecular flexibility index (Phi) is 3.63. The fourth-order valence-corrected chi connectivity index (χ4v) is 2.03. The molecule has 0 fully saturated rings. The van der Waals surface area contributed by atoms with Gasteiger partial charge in [0.1, 0.15) is 0 Å². The third-order valence-corrected chi connectivity index (χ3v) is 3.40. The van der Waals surface area contributed by atoms with Crippen molar-refractivity contribution in [1.29, 1.82) is 5.26 Å². The minimum absolute atomic E-state index is 0.103. The molecule has 0 aliphatic carbocycles. The number of fused-ring (bicyclic) bond motifs is 1. The number of nitrogens with one attached hydrogen (secondary N) is 1. The number of hydrogen-bond donors (Lipinski definition) is 1. The van der Waals surface area contributed by atoms with Gasteiger partial charge in [-0.25, -0.2) is 4.98 Å². The largest absolute Gasteiger partial charge is 0.330 e. The number of nitriles is 1. The molecule has 1 unspecified atom stereocenters. The number of imidazole rings is 1. The maximum absolute atomic E-state index is 8.91. The minimum atomic E-state index is -0.103. The molecule has 0 saturated heterocycles. The zero-order valence-corrected chi connectivity index (χ0v) is 11.1. The van der Waals surface area contributed by atoms with Crippen LogP contribution in [-0.2, 0) is 6.54 Å². The summed E-state index contributed by atoms with van der Waals surface area (Å²) in [6.07, 6.45) is 2.64. The van der Waals surface area contributed by atoms with Gasteiger partial charge in [0, 0.05) is 6.54 Å². The monoisotopic (exact) mass is 242 g/mol. The Morgan fingerprint density at radius 2 is 2.11 bits per heavy atom. The SMILES string of the molecule is CNC(C#N)CCn1cnc2cc(C)c(C)cc21. The van der Waals surface area contributed by atoms with Gasteiger partial charge >= 0.3 is 0 Å². The molecule has 0 spiro atoms. The molecular formula is C14H18N4. The molecule has 4 heteroatoms. The lowest BCUT2D eigenvalue weighted by molar-refractivity contribution is 0.559. The fraction of sp³-hybridized carbons (Fsp3) is 0.429. The van der Waals surface area contributed by atoms with Crippen molar-refractivity contribution >= 4 is 11.0 Å². The number of aryl methyl sites for hydroxylation is 3. The molecule has 1 aromatic heterocycles. The molecule has 0 amide bonds. The fourth-order valence-electron chi connectivity index (χ4n) is 2.03. The van der Waals surface area contributed by atoms with E-state index >= 15 is 0 Å².